The van der Waals surface area contributed by atoms with Crippen LogP contribution < -0.4 is 14.2 Å². The fourth-order valence-corrected chi connectivity index (χ4v) is 1.79. The van der Waals surface area contributed by atoms with Gasteiger partial charge in [-0.3, -0.25) is 0 Å². The van der Waals surface area contributed by atoms with Gasteiger partial charge in [-0.05, 0) is 19.9 Å². The van der Waals surface area contributed by atoms with E-state index >= 15 is 0 Å². The molecule has 1 aromatic rings. The van der Waals surface area contributed by atoms with Crippen LogP contribution in [-0.2, 0) is 4.79 Å². The van der Waals surface area contributed by atoms with Gasteiger partial charge in [-0.25, -0.2) is 4.79 Å². The van der Waals surface area contributed by atoms with Crippen molar-refractivity contribution in [2.45, 2.75) is 13.8 Å². The van der Waals surface area contributed by atoms with E-state index in [1.807, 2.05) is 13.8 Å². The summed E-state index contributed by atoms with van der Waals surface area (Å²) in [5.74, 6) is 0.672. The van der Waals surface area contributed by atoms with E-state index < -0.39 is 5.97 Å². The topological polar surface area (TPSA) is 65.0 Å². The number of aliphatic carboxylic acids is 1. The Balaban J connectivity index is 3.45. The highest BCUT2D eigenvalue weighted by Gasteiger charge is 2.16. The Labute approximate surface area is 112 Å². The van der Waals surface area contributed by atoms with E-state index in [2.05, 4.69) is 0 Å². The number of carboxylic acids is 1. The smallest absolute Gasteiger partial charge is 0.328 e. The Kier molecular flexibility index (Phi) is 5.23. The minimum Gasteiger partial charge on any atom is -0.496 e. The number of carbonyl (C=O) groups is 1. The largest absolute Gasteiger partial charge is 0.496 e. The molecule has 0 bridgehead atoms. The van der Waals surface area contributed by atoms with Gasteiger partial charge in [-0.15, -0.1) is 0 Å². The predicted molar refractivity (Wildman–Crippen MR) is 72.1 cm³/mol. The highest BCUT2D eigenvalue weighted by molar-refractivity contribution is 5.87. The number of ether oxygens (including phenoxy) is 3. The zero-order valence-electron chi connectivity index (χ0n) is 11.5. The van der Waals surface area contributed by atoms with Crippen LogP contribution in [0.4, 0.5) is 0 Å². The van der Waals surface area contributed by atoms with Crippen LogP contribution in [-0.4, -0.2) is 31.9 Å². The average molecular weight is 266 g/mol. The number of methoxy groups -OCH3 is 2. The summed E-state index contributed by atoms with van der Waals surface area (Å²) in [6.07, 6.45) is 2.50. The van der Waals surface area contributed by atoms with Crippen molar-refractivity contribution in [1.82, 2.24) is 0 Å². The Bertz CT molecular complexity index is 491. The third-order valence-electron chi connectivity index (χ3n) is 2.60. The van der Waals surface area contributed by atoms with Gasteiger partial charge in [0.05, 0.1) is 26.4 Å². The van der Waals surface area contributed by atoms with Crippen LogP contribution in [0.3, 0.4) is 0 Å². The van der Waals surface area contributed by atoms with E-state index in [1.165, 1.54) is 13.2 Å². The lowest BCUT2D eigenvalue weighted by atomic mass is 10.1. The van der Waals surface area contributed by atoms with Crippen molar-refractivity contribution in [1.29, 1.82) is 0 Å². The lowest BCUT2D eigenvalue weighted by Gasteiger charge is -2.17. The SMILES string of the molecule is CCOc1cc(OC)c(C)c(OC)c1/C=C/C(=O)O. The van der Waals surface area contributed by atoms with Gasteiger partial charge < -0.3 is 19.3 Å². The summed E-state index contributed by atoms with van der Waals surface area (Å²) in [6, 6.07) is 1.73. The molecule has 5 nitrogen and oxygen atoms in total. The number of rotatable bonds is 6. The molecular formula is C14H18O5. The molecule has 1 aromatic carbocycles. The molecule has 0 fully saturated rings. The molecule has 0 aliphatic heterocycles. The third kappa shape index (κ3) is 3.40. The first kappa shape index (κ1) is 14.9. The van der Waals surface area contributed by atoms with E-state index in [1.54, 1.807) is 13.2 Å². The fourth-order valence-electron chi connectivity index (χ4n) is 1.79. The molecule has 0 aliphatic rings. The molecule has 0 aliphatic carbocycles. The zero-order valence-corrected chi connectivity index (χ0v) is 11.5. The molecule has 0 saturated carbocycles. The standard InChI is InChI=1S/C14H18O5/c1-5-19-12-8-11(17-3)9(2)14(18-4)10(12)6-7-13(15)16/h6-8H,5H2,1-4H3,(H,15,16)/b7-6+. The van der Waals surface area contributed by atoms with Crippen molar-refractivity contribution in [2.75, 3.05) is 20.8 Å². The van der Waals surface area contributed by atoms with Crippen LogP contribution in [0.2, 0.25) is 0 Å². The van der Waals surface area contributed by atoms with Crippen molar-refractivity contribution < 1.29 is 24.1 Å². The molecule has 0 amide bonds. The minimum absolute atomic E-state index is 0.462. The fraction of sp³-hybridized carbons (Fsp3) is 0.357. The number of hydrogen-bond donors (Lipinski definition) is 1. The highest BCUT2D eigenvalue weighted by atomic mass is 16.5. The second kappa shape index (κ2) is 6.68. The molecule has 0 heterocycles. The van der Waals surface area contributed by atoms with E-state index in [4.69, 9.17) is 19.3 Å². The van der Waals surface area contributed by atoms with Gasteiger partial charge in [0.25, 0.3) is 0 Å². The zero-order chi connectivity index (χ0) is 14.4. The molecule has 0 aromatic heterocycles. The summed E-state index contributed by atoms with van der Waals surface area (Å²) in [6.45, 7) is 4.15. The van der Waals surface area contributed by atoms with Crippen LogP contribution >= 0.6 is 0 Å². The first-order chi connectivity index (χ1) is 9.04. The normalized spacial score (nSPS) is 10.5. The van der Waals surface area contributed by atoms with Crippen LogP contribution in [0, 0.1) is 6.92 Å². The monoisotopic (exact) mass is 266 g/mol. The van der Waals surface area contributed by atoms with Crippen LogP contribution in [0.5, 0.6) is 17.2 Å². The highest BCUT2D eigenvalue weighted by Crippen LogP contribution is 2.39. The predicted octanol–water partition coefficient (Wildman–Crippen LogP) is 2.51. The maximum atomic E-state index is 10.7. The maximum Gasteiger partial charge on any atom is 0.328 e. The Morgan fingerprint density at radius 1 is 1.32 bits per heavy atom. The number of carboxylic acid groups (broad SMARTS) is 1. The summed E-state index contributed by atoms with van der Waals surface area (Å²) in [7, 11) is 3.08. The minimum atomic E-state index is -1.03. The molecule has 0 radical (unpaired) electrons. The van der Waals surface area contributed by atoms with Crippen LogP contribution in [0.25, 0.3) is 6.08 Å². The molecule has 104 valence electrons. The van der Waals surface area contributed by atoms with Crippen LogP contribution in [0.15, 0.2) is 12.1 Å². The van der Waals surface area contributed by atoms with E-state index in [-0.39, 0.29) is 0 Å². The summed E-state index contributed by atoms with van der Waals surface area (Å²) < 4.78 is 16.1. The Morgan fingerprint density at radius 2 is 2.00 bits per heavy atom. The number of hydrogen-bond acceptors (Lipinski definition) is 4. The molecular weight excluding hydrogens is 248 g/mol. The summed E-state index contributed by atoms with van der Waals surface area (Å²) in [4.78, 5) is 10.7. The van der Waals surface area contributed by atoms with Gasteiger partial charge in [-0.2, -0.15) is 0 Å². The molecule has 0 spiro atoms. The molecule has 0 unspecified atom stereocenters. The molecule has 19 heavy (non-hydrogen) atoms. The summed E-state index contributed by atoms with van der Waals surface area (Å²) in [5, 5.41) is 8.74. The molecule has 0 atom stereocenters. The molecule has 1 rings (SSSR count). The lowest BCUT2D eigenvalue weighted by Crippen LogP contribution is -2.01. The van der Waals surface area contributed by atoms with Crippen molar-refractivity contribution in [2.24, 2.45) is 0 Å². The second-order valence-electron chi connectivity index (χ2n) is 3.75. The summed E-state index contributed by atoms with van der Waals surface area (Å²) >= 11 is 0. The van der Waals surface area contributed by atoms with Gasteiger partial charge in [-0.1, -0.05) is 0 Å². The van der Waals surface area contributed by atoms with Crippen molar-refractivity contribution >= 4 is 12.0 Å². The Hall–Kier alpha value is -2.17. The van der Waals surface area contributed by atoms with Gasteiger partial charge >= 0.3 is 5.97 Å². The van der Waals surface area contributed by atoms with Gasteiger partial charge in [0.15, 0.2) is 0 Å². The third-order valence-corrected chi connectivity index (χ3v) is 2.60. The first-order valence-electron chi connectivity index (χ1n) is 5.84. The van der Waals surface area contributed by atoms with Gasteiger partial charge in [0.2, 0.25) is 0 Å². The van der Waals surface area contributed by atoms with E-state index in [0.29, 0.717) is 29.4 Å². The van der Waals surface area contributed by atoms with Crippen molar-refractivity contribution in [3.8, 4) is 17.2 Å². The van der Waals surface area contributed by atoms with Crippen molar-refractivity contribution in [3.63, 3.8) is 0 Å². The summed E-state index contributed by atoms with van der Waals surface area (Å²) in [5.41, 5.74) is 1.38. The molecule has 5 heteroatoms. The number of benzene rings is 1. The van der Waals surface area contributed by atoms with Gasteiger partial charge in [0, 0.05) is 17.7 Å². The lowest BCUT2D eigenvalue weighted by molar-refractivity contribution is -0.131. The second-order valence-corrected chi connectivity index (χ2v) is 3.75. The first-order valence-corrected chi connectivity index (χ1v) is 5.84. The van der Waals surface area contributed by atoms with Gasteiger partial charge in [0.1, 0.15) is 17.2 Å². The molecule has 1 N–H and O–H groups in total. The quantitative estimate of drug-likeness (QED) is 0.801. The van der Waals surface area contributed by atoms with E-state index in [0.717, 1.165) is 11.6 Å². The van der Waals surface area contributed by atoms with E-state index in [9.17, 15) is 4.79 Å². The van der Waals surface area contributed by atoms with Crippen molar-refractivity contribution in [3.05, 3.63) is 23.3 Å². The molecule has 0 saturated heterocycles. The van der Waals surface area contributed by atoms with Crippen LogP contribution in [0.1, 0.15) is 18.1 Å². The maximum absolute atomic E-state index is 10.7. The average Bonchev–Trinajstić information content (AvgIpc) is 2.38. The Morgan fingerprint density at radius 3 is 2.47 bits per heavy atom.